The second-order valence-corrected chi connectivity index (χ2v) is 5.01. The van der Waals surface area contributed by atoms with Crippen molar-refractivity contribution in [3.8, 4) is 11.5 Å². The molecule has 0 aliphatic carbocycles. The molecule has 1 aliphatic rings. The Kier molecular flexibility index (Phi) is 5.28. The summed E-state index contributed by atoms with van der Waals surface area (Å²) in [4.78, 5) is 2.05. The minimum absolute atomic E-state index is 0.501. The van der Waals surface area contributed by atoms with Gasteiger partial charge in [0.2, 0.25) is 0 Å². The van der Waals surface area contributed by atoms with Crippen LogP contribution < -0.4 is 14.8 Å². The molecule has 1 aliphatic heterocycles. The molecule has 1 fully saturated rings. The topological polar surface area (TPSA) is 43.0 Å². The number of thiocarbonyl (C=S) groups is 1. The molecular formula is C13H17ClN2O3S. The molecule has 5 nitrogen and oxygen atoms in total. The fraction of sp³-hybridized carbons (Fsp3) is 0.462. The normalized spacial score (nSPS) is 14.8. The van der Waals surface area contributed by atoms with Gasteiger partial charge in [-0.1, -0.05) is 11.6 Å². The van der Waals surface area contributed by atoms with Crippen LogP contribution in [-0.4, -0.2) is 50.5 Å². The van der Waals surface area contributed by atoms with Crippen LogP contribution in [0.2, 0.25) is 5.02 Å². The number of morpholine rings is 1. The van der Waals surface area contributed by atoms with Crippen molar-refractivity contribution in [3.63, 3.8) is 0 Å². The summed E-state index contributed by atoms with van der Waals surface area (Å²) in [6.07, 6.45) is 0. The Bertz CT molecular complexity index is 493. The van der Waals surface area contributed by atoms with Crippen molar-refractivity contribution in [2.24, 2.45) is 0 Å². The first-order valence-corrected chi connectivity index (χ1v) is 6.99. The van der Waals surface area contributed by atoms with Gasteiger partial charge in [-0.3, -0.25) is 0 Å². The summed E-state index contributed by atoms with van der Waals surface area (Å²) in [6.45, 7) is 2.92. The lowest BCUT2D eigenvalue weighted by molar-refractivity contribution is 0.0690. The van der Waals surface area contributed by atoms with Crippen LogP contribution in [0.4, 0.5) is 5.69 Å². The standard InChI is InChI=1S/C13H17ClN2O3S/c1-17-11-8-12(18-2)10(7-9(11)14)15-13(20)16-3-5-19-6-4-16/h7-8H,3-6H2,1-2H3,(H,15,20). The summed E-state index contributed by atoms with van der Waals surface area (Å²) >= 11 is 11.5. The lowest BCUT2D eigenvalue weighted by Crippen LogP contribution is -2.42. The zero-order valence-corrected chi connectivity index (χ0v) is 13.0. The third kappa shape index (κ3) is 3.45. The van der Waals surface area contributed by atoms with Gasteiger partial charge in [0.05, 0.1) is 38.1 Å². The fourth-order valence-corrected chi connectivity index (χ4v) is 2.45. The van der Waals surface area contributed by atoms with Crippen LogP contribution in [0.3, 0.4) is 0 Å². The molecule has 1 aromatic carbocycles. The van der Waals surface area contributed by atoms with Gasteiger partial charge in [-0.05, 0) is 18.3 Å². The predicted octanol–water partition coefficient (Wildman–Crippen LogP) is 2.39. The van der Waals surface area contributed by atoms with Gasteiger partial charge in [0.25, 0.3) is 0 Å². The van der Waals surface area contributed by atoms with Gasteiger partial charge in [-0.15, -0.1) is 0 Å². The number of ether oxygens (including phenoxy) is 3. The van der Waals surface area contributed by atoms with Crippen molar-refractivity contribution in [2.45, 2.75) is 0 Å². The molecule has 0 bridgehead atoms. The van der Waals surface area contributed by atoms with Crippen molar-refractivity contribution in [2.75, 3.05) is 45.8 Å². The van der Waals surface area contributed by atoms with Gasteiger partial charge < -0.3 is 24.4 Å². The molecule has 2 rings (SSSR count). The van der Waals surface area contributed by atoms with E-state index < -0.39 is 0 Å². The van der Waals surface area contributed by atoms with Crippen LogP contribution in [0.1, 0.15) is 0 Å². The number of hydrogen-bond acceptors (Lipinski definition) is 4. The van der Waals surface area contributed by atoms with Crippen molar-refractivity contribution in [1.29, 1.82) is 0 Å². The Morgan fingerprint density at radius 3 is 2.50 bits per heavy atom. The Balaban J connectivity index is 2.15. The predicted molar refractivity (Wildman–Crippen MR) is 83.2 cm³/mol. The highest BCUT2D eigenvalue weighted by atomic mass is 35.5. The van der Waals surface area contributed by atoms with Crippen molar-refractivity contribution in [1.82, 2.24) is 4.90 Å². The van der Waals surface area contributed by atoms with E-state index in [9.17, 15) is 0 Å². The van der Waals surface area contributed by atoms with Gasteiger partial charge in [-0.2, -0.15) is 0 Å². The number of methoxy groups -OCH3 is 2. The van der Waals surface area contributed by atoms with E-state index in [2.05, 4.69) is 10.2 Å². The van der Waals surface area contributed by atoms with Crippen LogP contribution in [0.5, 0.6) is 11.5 Å². The number of anilines is 1. The number of benzene rings is 1. The molecule has 0 saturated carbocycles. The summed E-state index contributed by atoms with van der Waals surface area (Å²) in [5, 5.41) is 4.29. The Morgan fingerprint density at radius 1 is 1.25 bits per heavy atom. The maximum atomic E-state index is 6.13. The quantitative estimate of drug-likeness (QED) is 0.864. The maximum Gasteiger partial charge on any atom is 0.173 e. The fourth-order valence-electron chi connectivity index (χ4n) is 1.92. The number of rotatable bonds is 3. The minimum Gasteiger partial charge on any atom is -0.495 e. The molecule has 1 heterocycles. The summed E-state index contributed by atoms with van der Waals surface area (Å²) in [6, 6.07) is 3.47. The molecule has 20 heavy (non-hydrogen) atoms. The molecule has 1 N–H and O–H groups in total. The SMILES string of the molecule is COc1cc(OC)c(NC(=S)N2CCOCC2)cc1Cl. The molecule has 0 unspecified atom stereocenters. The number of nitrogens with zero attached hydrogens (tertiary/aromatic N) is 1. The summed E-state index contributed by atoms with van der Waals surface area (Å²) in [5.74, 6) is 1.19. The molecule has 1 saturated heterocycles. The molecule has 1 aromatic rings. The smallest absolute Gasteiger partial charge is 0.173 e. The van der Waals surface area contributed by atoms with E-state index >= 15 is 0 Å². The first-order valence-electron chi connectivity index (χ1n) is 6.21. The molecule has 0 radical (unpaired) electrons. The van der Waals surface area contributed by atoms with E-state index in [1.807, 2.05) is 0 Å². The van der Waals surface area contributed by atoms with E-state index in [1.54, 1.807) is 26.4 Å². The average molecular weight is 317 g/mol. The third-order valence-corrected chi connectivity index (χ3v) is 3.67. The van der Waals surface area contributed by atoms with Crippen LogP contribution in [0.25, 0.3) is 0 Å². The third-order valence-electron chi connectivity index (χ3n) is 3.01. The molecular weight excluding hydrogens is 300 g/mol. The van der Waals surface area contributed by atoms with E-state index in [0.717, 1.165) is 18.8 Å². The van der Waals surface area contributed by atoms with Gasteiger partial charge in [0.15, 0.2) is 5.11 Å². The minimum atomic E-state index is 0.501. The van der Waals surface area contributed by atoms with Crippen molar-refractivity contribution >= 4 is 34.6 Å². The highest BCUT2D eigenvalue weighted by Crippen LogP contribution is 2.36. The summed E-state index contributed by atoms with van der Waals surface area (Å²) in [7, 11) is 3.15. The van der Waals surface area contributed by atoms with Crippen LogP contribution in [0.15, 0.2) is 12.1 Å². The molecule has 0 aromatic heterocycles. The van der Waals surface area contributed by atoms with E-state index in [1.165, 1.54) is 0 Å². The largest absolute Gasteiger partial charge is 0.495 e. The molecule has 110 valence electrons. The average Bonchev–Trinajstić information content (AvgIpc) is 2.48. The van der Waals surface area contributed by atoms with Gasteiger partial charge in [0.1, 0.15) is 11.5 Å². The van der Waals surface area contributed by atoms with Gasteiger partial charge >= 0.3 is 0 Å². The first-order chi connectivity index (χ1) is 9.65. The lowest BCUT2D eigenvalue weighted by atomic mass is 10.2. The van der Waals surface area contributed by atoms with E-state index in [-0.39, 0.29) is 0 Å². The maximum absolute atomic E-state index is 6.13. The monoisotopic (exact) mass is 316 g/mol. The Hall–Kier alpha value is -1.24. The molecule has 0 amide bonds. The van der Waals surface area contributed by atoms with Crippen molar-refractivity contribution < 1.29 is 14.2 Å². The Morgan fingerprint density at radius 2 is 1.90 bits per heavy atom. The molecule has 7 heteroatoms. The summed E-state index contributed by atoms with van der Waals surface area (Å²) < 4.78 is 15.8. The lowest BCUT2D eigenvalue weighted by Gasteiger charge is -2.29. The van der Waals surface area contributed by atoms with E-state index in [4.69, 9.17) is 38.0 Å². The molecule has 0 atom stereocenters. The van der Waals surface area contributed by atoms with Crippen LogP contribution in [0, 0.1) is 0 Å². The number of halogens is 1. The highest BCUT2D eigenvalue weighted by molar-refractivity contribution is 7.80. The second-order valence-electron chi connectivity index (χ2n) is 4.22. The van der Waals surface area contributed by atoms with E-state index in [0.29, 0.717) is 34.8 Å². The van der Waals surface area contributed by atoms with Crippen LogP contribution >= 0.6 is 23.8 Å². The number of hydrogen-bond donors (Lipinski definition) is 1. The Labute approximate surface area is 128 Å². The van der Waals surface area contributed by atoms with Gasteiger partial charge in [-0.25, -0.2) is 0 Å². The first kappa shape index (κ1) is 15.2. The van der Waals surface area contributed by atoms with Crippen LogP contribution in [-0.2, 0) is 4.74 Å². The highest BCUT2D eigenvalue weighted by Gasteiger charge is 2.16. The van der Waals surface area contributed by atoms with Gasteiger partial charge in [0, 0.05) is 19.2 Å². The zero-order chi connectivity index (χ0) is 14.5. The second kappa shape index (κ2) is 6.97. The zero-order valence-electron chi connectivity index (χ0n) is 11.4. The summed E-state index contributed by atoms with van der Waals surface area (Å²) in [5.41, 5.74) is 0.717. The van der Waals surface area contributed by atoms with Crippen molar-refractivity contribution in [3.05, 3.63) is 17.2 Å². The number of nitrogens with one attached hydrogen (secondary N) is 1. The molecule has 0 spiro atoms.